The number of aromatic nitrogens is 3. The highest BCUT2D eigenvalue weighted by molar-refractivity contribution is 6.31. The first-order valence-corrected chi connectivity index (χ1v) is 7.14. The van der Waals surface area contributed by atoms with Crippen LogP contribution in [0.25, 0.3) is 11.0 Å². The average Bonchev–Trinajstić information content (AvgIpc) is 2.80. The highest BCUT2D eigenvalue weighted by Gasteiger charge is 2.13. The third-order valence-electron chi connectivity index (χ3n) is 3.42. The average molecular weight is 316 g/mol. The molecule has 0 bridgehead atoms. The quantitative estimate of drug-likeness (QED) is 0.696. The Bertz CT molecular complexity index is 858. The topological polar surface area (TPSA) is 57.0 Å². The molecule has 112 valence electrons. The van der Waals surface area contributed by atoms with Crippen molar-refractivity contribution in [2.75, 3.05) is 0 Å². The number of esters is 1. The summed E-state index contributed by atoms with van der Waals surface area (Å²) in [5.41, 5.74) is 2.73. The standard InChI is InChI=1S/C16H14ClN3O2/c1-10-13-7-12(8-18-15(13)20(2)19-10)16(21)22-9-11-5-3-4-6-14(11)17/h3-8H,9H2,1-2H3. The summed E-state index contributed by atoms with van der Waals surface area (Å²) < 4.78 is 6.98. The van der Waals surface area contributed by atoms with Crippen molar-refractivity contribution >= 4 is 28.6 Å². The maximum Gasteiger partial charge on any atom is 0.340 e. The van der Waals surface area contributed by atoms with E-state index in [0.29, 0.717) is 10.6 Å². The van der Waals surface area contributed by atoms with Gasteiger partial charge < -0.3 is 4.74 Å². The van der Waals surface area contributed by atoms with Gasteiger partial charge in [-0.2, -0.15) is 5.10 Å². The minimum absolute atomic E-state index is 0.128. The molecule has 0 aliphatic rings. The van der Waals surface area contributed by atoms with Gasteiger partial charge >= 0.3 is 5.97 Å². The van der Waals surface area contributed by atoms with Gasteiger partial charge in [-0.05, 0) is 19.1 Å². The van der Waals surface area contributed by atoms with Gasteiger partial charge in [0.1, 0.15) is 6.61 Å². The van der Waals surface area contributed by atoms with Crippen molar-refractivity contribution in [2.45, 2.75) is 13.5 Å². The van der Waals surface area contributed by atoms with Crippen LogP contribution in [-0.4, -0.2) is 20.7 Å². The van der Waals surface area contributed by atoms with Crippen molar-refractivity contribution in [2.24, 2.45) is 7.05 Å². The van der Waals surface area contributed by atoms with Crippen molar-refractivity contribution in [3.05, 3.63) is 58.4 Å². The number of pyridine rings is 1. The molecule has 2 heterocycles. The lowest BCUT2D eigenvalue weighted by Crippen LogP contribution is -2.06. The predicted octanol–water partition coefficient (Wildman–Crippen LogP) is 3.29. The number of carbonyl (C=O) groups is 1. The zero-order valence-electron chi connectivity index (χ0n) is 12.2. The fourth-order valence-corrected chi connectivity index (χ4v) is 2.45. The van der Waals surface area contributed by atoms with Crippen LogP contribution in [0.1, 0.15) is 21.6 Å². The molecule has 5 nitrogen and oxygen atoms in total. The summed E-state index contributed by atoms with van der Waals surface area (Å²) in [6.45, 7) is 2.01. The van der Waals surface area contributed by atoms with Crippen molar-refractivity contribution < 1.29 is 9.53 Å². The number of carbonyl (C=O) groups excluding carboxylic acids is 1. The van der Waals surface area contributed by atoms with Crippen molar-refractivity contribution in [1.82, 2.24) is 14.8 Å². The van der Waals surface area contributed by atoms with Crippen molar-refractivity contribution in [3.8, 4) is 0 Å². The first-order chi connectivity index (χ1) is 10.6. The molecule has 0 amide bonds. The van der Waals surface area contributed by atoms with Crippen molar-refractivity contribution in [1.29, 1.82) is 0 Å². The molecule has 0 aliphatic carbocycles. The Kier molecular flexibility index (Phi) is 3.81. The van der Waals surface area contributed by atoms with Crippen LogP contribution in [0.5, 0.6) is 0 Å². The lowest BCUT2D eigenvalue weighted by molar-refractivity contribution is 0.0472. The Morgan fingerprint density at radius 2 is 2.14 bits per heavy atom. The molecule has 3 rings (SSSR count). The number of hydrogen-bond donors (Lipinski definition) is 0. The third-order valence-corrected chi connectivity index (χ3v) is 3.78. The number of ether oxygens (including phenoxy) is 1. The molecule has 2 aromatic heterocycles. The minimum atomic E-state index is -0.433. The second kappa shape index (κ2) is 5.77. The molecule has 0 fully saturated rings. The first kappa shape index (κ1) is 14.5. The predicted molar refractivity (Wildman–Crippen MR) is 83.8 cm³/mol. The van der Waals surface area contributed by atoms with E-state index in [2.05, 4.69) is 10.1 Å². The van der Waals surface area contributed by atoms with Crippen LogP contribution >= 0.6 is 11.6 Å². The number of hydrogen-bond acceptors (Lipinski definition) is 4. The Balaban J connectivity index is 1.80. The van der Waals surface area contributed by atoms with E-state index in [1.165, 1.54) is 6.20 Å². The number of halogens is 1. The van der Waals surface area contributed by atoms with Gasteiger partial charge in [-0.25, -0.2) is 9.78 Å². The van der Waals surface area contributed by atoms with Crippen LogP contribution in [0, 0.1) is 6.92 Å². The number of benzene rings is 1. The second-order valence-electron chi connectivity index (χ2n) is 4.97. The summed E-state index contributed by atoms with van der Waals surface area (Å²) in [6.07, 6.45) is 1.50. The highest BCUT2D eigenvalue weighted by Crippen LogP contribution is 2.19. The summed E-state index contributed by atoms with van der Waals surface area (Å²) in [5, 5.41) is 5.70. The van der Waals surface area contributed by atoms with Gasteiger partial charge in [0.15, 0.2) is 5.65 Å². The van der Waals surface area contributed by atoms with Gasteiger partial charge in [-0.1, -0.05) is 29.8 Å². The highest BCUT2D eigenvalue weighted by atomic mass is 35.5. The molecule has 3 aromatic rings. The SMILES string of the molecule is Cc1nn(C)c2ncc(C(=O)OCc3ccccc3Cl)cc12. The molecule has 1 aromatic carbocycles. The van der Waals surface area contributed by atoms with E-state index in [-0.39, 0.29) is 6.61 Å². The molecule has 22 heavy (non-hydrogen) atoms. The maximum absolute atomic E-state index is 12.2. The van der Waals surface area contributed by atoms with E-state index in [1.807, 2.05) is 32.2 Å². The van der Waals surface area contributed by atoms with Crippen LogP contribution in [0.3, 0.4) is 0 Å². The molecule has 0 aliphatic heterocycles. The van der Waals surface area contributed by atoms with Crippen LogP contribution in [-0.2, 0) is 18.4 Å². The minimum Gasteiger partial charge on any atom is -0.457 e. The van der Waals surface area contributed by atoms with Gasteiger partial charge in [0, 0.05) is 29.2 Å². The molecule has 6 heteroatoms. The Hall–Kier alpha value is -2.40. The molecule has 0 saturated carbocycles. The summed E-state index contributed by atoms with van der Waals surface area (Å²) in [5.74, 6) is -0.433. The Labute approximate surface area is 132 Å². The monoisotopic (exact) mass is 315 g/mol. The van der Waals surface area contributed by atoms with Crippen LogP contribution < -0.4 is 0 Å². The molecular formula is C16H14ClN3O2. The molecule has 0 unspecified atom stereocenters. The summed E-state index contributed by atoms with van der Waals surface area (Å²) in [7, 11) is 1.82. The van der Waals surface area contributed by atoms with E-state index in [4.69, 9.17) is 16.3 Å². The largest absolute Gasteiger partial charge is 0.457 e. The van der Waals surface area contributed by atoms with Gasteiger partial charge in [0.2, 0.25) is 0 Å². The Morgan fingerprint density at radius 1 is 1.36 bits per heavy atom. The molecule has 0 saturated heterocycles. The number of nitrogens with zero attached hydrogens (tertiary/aromatic N) is 3. The van der Waals surface area contributed by atoms with Crippen LogP contribution in [0.2, 0.25) is 5.02 Å². The van der Waals surface area contributed by atoms with E-state index < -0.39 is 5.97 Å². The molecule has 0 radical (unpaired) electrons. The second-order valence-corrected chi connectivity index (χ2v) is 5.38. The maximum atomic E-state index is 12.2. The number of aryl methyl sites for hydroxylation is 2. The van der Waals surface area contributed by atoms with Crippen LogP contribution in [0.4, 0.5) is 0 Å². The summed E-state index contributed by atoms with van der Waals surface area (Å²) in [4.78, 5) is 16.4. The number of rotatable bonds is 3. The van der Waals surface area contributed by atoms with Crippen molar-refractivity contribution in [3.63, 3.8) is 0 Å². The zero-order chi connectivity index (χ0) is 15.7. The van der Waals surface area contributed by atoms with E-state index in [1.54, 1.807) is 16.8 Å². The Morgan fingerprint density at radius 3 is 2.91 bits per heavy atom. The van der Waals surface area contributed by atoms with Gasteiger partial charge in [0.05, 0.1) is 11.3 Å². The molecule has 0 N–H and O–H groups in total. The third kappa shape index (κ3) is 2.67. The van der Waals surface area contributed by atoms with Crippen LogP contribution in [0.15, 0.2) is 36.5 Å². The normalized spacial score (nSPS) is 10.9. The lowest BCUT2D eigenvalue weighted by atomic mass is 10.2. The molecule has 0 spiro atoms. The van der Waals surface area contributed by atoms with E-state index in [0.717, 1.165) is 22.3 Å². The smallest absolute Gasteiger partial charge is 0.340 e. The van der Waals surface area contributed by atoms with Gasteiger partial charge in [-0.3, -0.25) is 4.68 Å². The van der Waals surface area contributed by atoms with E-state index >= 15 is 0 Å². The van der Waals surface area contributed by atoms with Gasteiger partial charge in [-0.15, -0.1) is 0 Å². The fourth-order valence-electron chi connectivity index (χ4n) is 2.26. The fraction of sp³-hybridized carbons (Fsp3) is 0.188. The lowest BCUT2D eigenvalue weighted by Gasteiger charge is -2.06. The number of fused-ring (bicyclic) bond motifs is 1. The molecular weight excluding hydrogens is 302 g/mol. The van der Waals surface area contributed by atoms with Gasteiger partial charge in [0.25, 0.3) is 0 Å². The first-order valence-electron chi connectivity index (χ1n) is 6.76. The zero-order valence-corrected chi connectivity index (χ0v) is 13.0. The summed E-state index contributed by atoms with van der Waals surface area (Å²) in [6, 6.07) is 9.01. The summed E-state index contributed by atoms with van der Waals surface area (Å²) >= 11 is 6.04. The molecule has 0 atom stereocenters. The van der Waals surface area contributed by atoms with E-state index in [9.17, 15) is 4.79 Å².